The van der Waals surface area contributed by atoms with Gasteiger partial charge in [-0.25, -0.2) is 0 Å². The van der Waals surface area contributed by atoms with E-state index in [0.717, 1.165) is 45.6 Å². The molecule has 2 heterocycles. The summed E-state index contributed by atoms with van der Waals surface area (Å²) in [5.41, 5.74) is 10.8. The lowest BCUT2D eigenvalue weighted by Gasteiger charge is -2.37. The Balaban J connectivity index is 1.34. The van der Waals surface area contributed by atoms with E-state index >= 15 is 0 Å². The van der Waals surface area contributed by atoms with Crippen molar-refractivity contribution in [3.05, 3.63) is 114 Å². The molecule has 0 saturated carbocycles. The maximum absolute atomic E-state index is 6.51. The van der Waals surface area contributed by atoms with Crippen molar-refractivity contribution in [2.45, 2.75) is 19.3 Å². The summed E-state index contributed by atoms with van der Waals surface area (Å²) >= 11 is 0. The first-order valence-electron chi connectivity index (χ1n) is 12.4. The van der Waals surface area contributed by atoms with Crippen molar-refractivity contribution in [1.29, 1.82) is 0 Å². The van der Waals surface area contributed by atoms with E-state index in [9.17, 15) is 0 Å². The average Bonchev–Trinajstić information content (AvgIpc) is 3.15. The first-order valence-corrected chi connectivity index (χ1v) is 12.4. The number of nitrogens with zero attached hydrogens (tertiary/aromatic N) is 1. The first-order chi connectivity index (χ1) is 17.6. The number of ether oxygens (including phenoxy) is 2. The fourth-order valence-corrected chi connectivity index (χ4v) is 6.17. The van der Waals surface area contributed by atoms with E-state index in [2.05, 4.69) is 85.5 Å². The number of para-hydroxylation sites is 3. The van der Waals surface area contributed by atoms with Gasteiger partial charge in [-0.3, -0.25) is 4.90 Å². The predicted molar refractivity (Wildman–Crippen MR) is 144 cm³/mol. The van der Waals surface area contributed by atoms with Crippen LogP contribution in [0.15, 0.2) is 103 Å². The van der Waals surface area contributed by atoms with Crippen molar-refractivity contribution in [2.24, 2.45) is 0 Å². The SMILES string of the molecule is CC1(C)c2ccccc2-c2c(-c3ccc4c(c3)Oc3cccc5c3N4c3ccccc3O5)cccc21. The minimum Gasteiger partial charge on any atom is -0.453 e. The molecule has 3 aliphatic rings. The van der Waals surface area contributed by atoms with E-state index in [1.54, 1.807) is 0 Å². The van der Waals surface area contributed by atoms with Crippen LogP contribution in [0.5, 0.6) is 23.0 Å². The number of anilines is 3. The second-order valence-electron chi connectivity index (χ2n) is 10.2. The lowest BCUT2D eigenvalue weighted by molar-refractivity contribution is 0.446. The molecule has 0 spiro atoms. The van der Waals surface area contributed by atoms with Crippen molar-refractivity contribution in [3.8, 4) is 45.3 Å². The molecule has 2 aliphatic heterocycles. The summed E-state index contributed by atoms with van der Waals surface area (Å²) in [6.45, 7) is 4.64. The van der Waals surface area contributed by atoms with Crippen molar-refractivity contribution in [2.75, 3.05) is 4.90 Å². The molecule has 0 saturated heterocycles. The Hall–Kier alpha value is -4.50. The quantitative estimate of drug-likeness (QED) is 0.241. The van der Waals surface area contributed by atoms with Crippen LogP contribution in [-0.4, -0.2) is 0 Å². The number of benzene rings is 5. The third-order valence-electron chi connectivity index (χ3n) is 7.85. The fraction of sp³-hybridized carbons (Fsp3) is 0.0909. The van der Waals surface area contributed by atoms with E-state index < -0.39 is 0 Å². The molecule has 0 radical (unpaired) electrons. The Morgan fingerprint density at radius 3 is 2.08 bits per heavy atom. The van der Waals surface area contributed by atoms with Crippen molar-refractivity contribution < 1.29 is 9.47 Å². The summed E-state index contributed by atoms with van der Waals surface area (Å²) in [5, 5.41) is 0. The van der Waals surface area contributed by atoms with Crippen LogP contribution in [0.1, 0.15) is 25.0 Å². The van der Waals surface area contributed by atoms with Crippen LogP contribution in [0.4, 0.5) is 17.1 Å². The molecule has 5 aromatic rings. The molecule has 3 heteroatoms. The Labute approximate surface area is 210 Å². The Kier molecular flexibility index (Phi) is 3.73. The molecule has 0 N–H and O–H groups in total. The molecule has 5 aromatic carbocycles. The molecule has 0 amide bonds. The molecule has 0 bridgehead atoms. The van der Waals surface area contributed by atoms with Crippen molar-refractivity contribution in [3.63, 3.8) is 0 Å². The Morgan fingerprint density at radius 1 is 0.556 bits per heavy atom. The maximum Gasteiger partial charge on any atom is 0.155 e. The smallest absolute Gasteiger partial charge is 0.155 e. The minimum atomic E-state index is -0.0283. The molecular weight excluding hydrogens is 442 g/mol. The third kappa shape index (κ3) is 2.47. The van der Waals surface area contributed by atoms with Gasteiger partial charge in [0.1, 0.15) is 5.69 Å². The second kappa shape index (κ2) is 6.79. The molecule has 36 heavy (non-hydrogen) atoms. The molecular formula is C33H23NO2. The fourth-order valence-electron chi connectivity index (χ4n) is 6.17. The number of hydrogen-bond donors (Lipinski definition) is 0. The Bertz CT molecular complexity index is 1730. The molecule has 8 rings (SSSR count). The van der Waals surface area contributed by atoms with E-state index in [1.807, 2.05) is 36.4 Å². The van der Waals surface area contributed by atoms with Gasteiger partial charge in [0.15, 0.2) is 23.0 Å². The van der Waals surface area contributed by atoms with E-state index in [-0.39, 0.29) is 5.41 Å². The summed E-state index contributed by atoms with van der Waals surface area (Å²) in [6.07, 6.45) is 0. The van der Waals surface area contributed by atoms with E-state index in [0.29, 0.717) is 0 Å². The van der Waals surface area contributed by atoms with Gasteiger partial charge in [0, 0.05) is 5.41 Å². The van der Waals surface area contributed by atoms with Crippen LogP contribution in [0.2, 0.25) is 0 Å². The van der Waals surface area contributed by atoms with Gasteiger partial charge in [-0.1, -0.05) is 80.6 Å². The lowest BCUT2D eigenvalue weighted by atomic mass is 9.82. The zero-order chi connectivity index (χ0) is 24.0. The van der Waals surface area contributed by atoms with Crippen LogP contribution >= 0.6 is 0 Å². The zero-order valence-electron chi connectivity index (χ0n) is 20.1. The van der Waals surface area contributed by atoms with Crippen LogP contribution in [0, 0.1) is 0 Å². The van der Waals surface area contributed by atoms with Crippen LogP contribution in [-0.2, 0) is 5.41 Å². The molecule has 1 aliphatic carbocycles. The van der Waals surface area contributed by atoms with Gasteiger partial charge in [0.05, 0.1) is 11.4 Å². The van der Waals surface area contributed by atoms with Crippen molar-refractivity contribution >= 4 is 17.1 Å². The molecule has 172 valence electrons. The van der Waals surface area contributed by atoms with Crippen LogP contribution < -0.4 is 14.4 Å². The van der Waals surface area contributed by atoms with Gasteiger partial charge in [0.2, 0.25) is 0 Å². The number of hydrogen-bond acceptors (Lipinski definition) is 3. The highest BCUT2D eigenvalue weighted by Gasteiger charge is 2.37. The second-order valence-corrected chi connectivity index (χ2v) is 10.2. The summed E-state index contributed by atoms with van der Waals surface area (Å²) in [5.74, 6) is 3.30. The maximum atomic E-state index is 6.51. The summed E-state index contributed by atoms with van der Waals surface area (Å²) in [7, 11) is 0. The zero-order valence-corrected chi connectivity index (χ0v) is 20.1. The van der Waals surface area contributed by atoms with Gasteiger partial charge in [-0.2, -0.15) is 0 Å². The molecule has 0 atom stereocenters. The monoisotopic (exact) mass is 465 g/mol. The highest BCUT2D eigenvalue weighted by Crippen LogP contribution is 2.60. The van der Waals surface area contributed by atoms with Crippen molar-refractivity contribution in [1.82, 2.24) is 0 Å². The number of rotatable bonds is 1. The van der Waals surface area contributed by atoms with Gasteiger partial charge in [0.25, 0.3) is 0 Å². The lowest BCUT2D eigenvalue weighted by Crippen LogP contribution is -2.20. The topological polar surface area (TPSA) is 21.7 Å². The first kappa shape index (κ1) is 19.8. The third-order valence-corrected chi connectivity index (χ3v) is 7.85. The van der Waals surface area contributed by atoms with Gasteiger partial charge in [-0.15, -0.1) is 0 Å². The van der Waals surface area contributed by atoms with E-state index in [1.165, 1.54) is 27.8 Å². The molecule has 3 nitrogen and oxygen atoms in total. The number of fused-ring (bicyclic) bond motifs is 7. The molecule has 0 unspecified atom stereocenters. The largest absolute Gasteiger partial charge is 0.453 e. The normalized spacial score (nSPS) is 15.0. The minimum absolute atomic E-state index is 0.0283. The van der Waals surface area contributed by atoms with Crippen LogP contribution in [0.25, 0.3) is 22.3 Å². The summed E-state index contributed by atoms with van der Waals surface area (Å²) in [4.78, 5) is 2.26. The van der Waals surface area contributed by atoms with Gasteiger partial charge in [-0.05, 0) is 69.8 Å². The van der Waals surface area contributed by atoms with Gasteiger partial charge >= 0.3 is 0 Å². The molecule has 0 aromatic heterocycles. The predicted octanol–water partition coefficient (Wildman–Crippen LogP) is 9.34. The summed E-state index contributed by atoms with van der Waals surface area (Å²) < 4.78 is 12.7. The highest BCUT2D eigenvalue weighted by atomic mass is 16.5. The molecule has 0 fully saturated rings. The van der Waals surface area contributed by atoms with Crippen LogP contribution in [0.3, 0.4) is 0 Å². The van der Waals surface area contributed by atoms with Gasteiger partial charge < -0.3 is 9.47 Å². The highest BCUT2D eigenvalue weighted by molar-refractivity contribution is 5.96. The van der Waals surface area contributed by atoms with E-state index in [4.69, 9.17) is 9.47 Å². The summed E-state index contributed by atoms with van der Waals surface area (Å²) in [6, 6.07) is 36.2. The Morgan fingerprint density at radius 2 is 1.19 bits per heavy atom. The standard InChI is InChI=1S/C33H23NO2/c1-33(2)23-11-4-3-9-22(23)31-21(10-7-12-24(31)33)20-17-18-26-30(19-20)36-29-16-8-15-28-32(29)34(26)25-13-5-6-14-27(25)35-28/h3-19H,1-2H3. The average molecular weight is 466 g/mol.